The lowest BCUT2D eigenvalue weighted by molar-refractivity contribution is -0.121. The molecule has 0 aliphatic carbocycles. The standard InChI is InChI=1S/C12H20N4O3S/c1-7-5-10(15-13)6-8(2)11(7)20(18,19)16-9(3)12(17)14-4/h5-6,9,15-16H,13H2,1-4H3,(H,14,17). The van der Waals surface area contributed by atoms with Gasteiger partial charge in [-0.25, -0.2) is 8.42 Å². The zero-order chi connectivity index (χ0) is 15.5. The first kappa shape index (κ1) is 16.4. The van der Waals surface area contributed by atoms with E-state index in [0.717, 1.165) is 0 Å². The molecular formula is C12H20N4O3S. The van der Waals surface area contributed by atoms with Crippen molar-refractivity contribution in [1.82, 2.24) is 10.0 Å². The first-order valence-corrected chi connectivity index (χ1v) is 7.53. The number of benzene rings is 1. The lowest BCUT2D eigenvalue weighted by atomic mass is 10.1. The molecule has 1 aromatic carbocycles. The van der Waals surface area contributed by atoms with E-state index in [2.05, 4.69) is 15.5 Å². The van der Waals surface area contributed by atoms with E-state index in [4.69, 9.17) is 5.84 Å². The van der Waals surface area contributed by atoms with Crippen LogP contribution in [0.4, 0.5) is 5.69 Å². The SMILES string of the molecule is CNC(=O)C(C)NS(=O)(=O)c1c(C)cc(NN)cc1C. The average Bonchev–Trinajstić information content (AvgIpc) is 2.35. The van der Waals surface area contributed by atoms with Crippen LogP contribution in [-0.4, -0.2) is 27.4 Å². The number of nitrogens with two attached hydrogens (primary N) is 1. The second kappa shape index (κ2) is 6.21. The number of anilines is 1. The van der Waals surface area contributed by atoms with Gasteiger partial charge in [0.1, 0.15) is 0 Å². The van der Waals surface area contributed by atoms with Crippen LogP contribution in [0.2, 0.25) is 0 Å². The molecule has 0 bridgehead atoms. The Morgan fingerprint density at radius 2 is 1.75 bits per heavy atom. The number of likely N-dealkylation sites (N-methyl/N-ethyl adjacent to an activating group) is 1. The van der Waals surface area contributed by atoms with Gasteiger partial charge in [0.25, 0.3) is 0 Å². The molecule has 0 radical (unpaired) electrons. The van der Waals surface area contributed by atoms with E-state index >= 15 is 0 Å². The van der Waals surface area contributed by atoms with Crippen molar-refractivity contribution in [3.8, 4) is 0 Å². The number of carbonyl (C=O) groups is 1. The van der Waals surface area contributed by atoms with Crippen molar-refractivity contribution in [2.45, 2.75) is 31.7 Å². The molecule has 1 unspecified atom stereocenters. The quantitative estimate of drug-likeness (QED) is 0.451. The molecule has 0 saturated heterocycles. The Labute approximate surface area is 119 Å². The summed E-state index contributed by atoms with van der Waals surface area (Å²) >= 11 is 0. The Balaban J connectivity index is 3.20. The van der Waals surface area contributed by atoms with Crippen molar-refractivity contribution in [2.24, 2.45) is 5.84 Å². The minimum atomic E-state index is -3.78. The Hall–Kier alpha value is -1.64. The topological polar surface area (TPSA) is 113 Å². The van der Waals surface area contributed by atoms with E-state index in [1.54, 1.807) is 26.0 Å². The van der Waals surface area contributed by atoms with Gasteiger partial charge in [0.05, 0.1) is 10.9 Å². The van der Waals surface area contributed by atoms with Gasteiger partial charge in [-0.2, -0.15) is 4.72 Å². The molecule has 7 nitrogen and oxygen atoms in total. The highest BCUT2D eigenvalue weighted by Gasteiger charge is 2.24. The zero-order valence-corrected chi connectivity index (χ0v) is 12.8. The molecule has 0 heterocycles. The number of hydrogen-bond donors (Lipinski definition) is 4. The minimum Gasteiger partial charge on any atom is -0.358 e. The van der Waals surface area contributed by atoms with E-state index in [1.807, 2.05) is 0 Å². The van der Waals surface area contributed by atoms with Gasteiger partial charge in [-0.15, -0.1) is 0 Å². The van der Waals surface area contributed by atoms with Gasteiger partial charge >= 0.3 is 0 Å². The number of hydrogen-bond acceptors (Lipinski definition) is 5. The first-order chi connectivity index (χ1) is 9.22. The van der Waals surface area contributed by atoms with Crippen LogP contribution < -0.4 is 21.3 Å². The number of rotatable bonds is 5. The van der Waals surface area contributed by atoms with E-state index in [1.165, 1.54) is 14.0 Å². The summed E-state index contributed by atoms with van der Waals surface area (Å²) in [7, 11) is -2.33. The molecule has 0 aromatic heterocycles. The fourth-order valence-electron chi connectivity index (χ4n) is 2.02. The molecule has 5 N–H and O–H groups in total. The van der Waals surface area contributed by atoms with Crippen molar-refractivity contribution in [1.29, 1.82) is 0 Å². The van der Waals surface area contributed by atoms with E-state index < -0.39 is 22.0 Å². The number of nitrogen functional groups attached to an aromatic ring is 1. The summed E-state index contributed by atoms with van der Waals surface area (Å²) < 4.78 is 27.1. The molecule has 0 saturated carbocycles. The van der Waals surface area contributed by atoms with E-state index in [-0.39, 0.29) is 4.90 Å². The lowest BCUT2D eigenvalue weighted by Crippen LogP contribution is -2.43. The van der Waals surface area contributed by atoms with Crippen molar-refractivity contribution in [3.05, 3.63) is 23.3 Å². The highest BCUT2D eigenvalue weighted by molar-refractivity contribution is 7.89. The molecule has 112 valence electrons. The maximum atomic E-state index is 12.4. The summed E-state index contributed by atoms with van der Waals surface area (Å²) in [5.41, 5.74) is 4.20. The first-order valence-electron chi connectivity index (χ1n) is 6.04. The highest BCUT2D eigenvalue weighted by atomic mass is 32.2. The molecular weight excluding hydrogens is 280 g/mol. The highest BCUT2D eigenvalue weighted by Crippen LogP contribution is 2.24. The predicted molar refractivity (Wildman–Crippen MR) is 77.6 cm³/mol. The van der Waals surface area contributed by atoms with Crippen LogP contribution in [0.5, 0.6) is 0 Å². The smallest absolute Gasteiger partial charge is 0.241 e. The number of amides is 1. The predicted octanol–water partition coefficient (Wildman–Crippen LogP) is 0.00184. The number of sulfonamides is 1. The molecule has 1 amide bonds. The van der Waals surface area contributed by atoms with Gasteiger partial charge in [-0.1, -0.05) is 0 Å². The van der Waals surface area contributed by atoms with Crippen LogP contribution in [0.3, 0.4) is 0 Å². The minimum absolute atomic E-state index is 0.159. The average molecular weight is 300 g/mol. The van der Waals surface area contributed by atoms with Crippen LogP contribution in [-0.2, 0) is 14.8 Å². The monoisotopic (exact) mass is 300 g/mol. The lowest BCUT2D eigenvalue weighted by Gasteiger charge is -2.17. The van der Waals surface area contributed by atoms with Gasteiger partial charge in [0.2, 0.25) is 15.9 Å². The third-order valence-corrected chi connectivity index (χ3v) is 4.71. The van der Waals surface area contributed by atoms with Gasteiger partial charge in [0.15, 0.2) is 0 Å². The summed E-state index contributed by atoms with van der Waals surface area (Å²) in [6.07, 6.45) is 0. The fraction of sp³-hybridized carbons (Fsp3) is 0.417. The maximum Gasteiger partial charge on any atom is 0.241 e. The Morgan fingerprint density at radius 3 is 2.15 bits per heavy atom. The molecule has 8 heteroatoms. The van der Waals surface area contributed by atoms with Crippen molar-refractivity contribution < 1.29 is 13.2 Å². The molecule has 0 spiro atoms. The summed E-state index contributed by atoms with van der Waals surface area (Å²) in [4.78, 5) is 11.6. The second-order valence-electron chi connectivity index (χ2n) is 4.54. The largest absolute Gasteiger partial charge is 0.358 e. The van der Waals surface area contributed by atoms with Crippen molar-refractivity contribution in [2.75, 3.05) is 12.5 Å². The number of aryl methyl sites for hydroxylation is 2. The molecule has 20 heavy (non-hydrogen) atoms. The van der Waals surface area contributed by atoms with Gasteiger partial charge < -0.3 is 10.7 Å². The number of nitrogens with one attached hydrogen (secondary N) is 3. The van der Waals surface area contributed by atoms with Crippen LogP contribution in [0.1, 0.15) is 18.1 Å². The molecule has 0 aliphatic rings. The number of carbonyl (C=O) groups excluding carboxylic acids is 1. The van der Waals surface area contributed by atoms with Gasteiger partial charge in [0, 0.05) is 12.7 Å². The van der Waals surface area contributed by atoms with Crippen molar-refractivity contribution in [3.63, 3.8) is 0 Å². The van der Waals surface area contributed by atoms with Crippen LogP contribution in [0.15, 0.2) is 17.0 Å². The number of hydrazine groups is 1. The maximum absolute atomic E-state index is 12.4. The third kappa shape index (κ3) is 3.47. The van der Waals surface area contributed by atoms with E-state index in [9.17, 15) is 13.2 Å². The molecule has 1 atom stereocenters. The second-order valence-corrected chi connectivity index (χ2v) is 6.19. The summed E-state index contributed by atoms with van der Waals surface area (Å²) in [6.45, 7) is 4.83. The van der Waals surface area contributed by atoms with Crippen molar-refractivity contribution >= 4 is 21.6 Å². The Morgan fingerprint density at radius 1 is 1.25 bits per heavy atom. The van der Waals surface area contributed by atoms with E-state index in [0.29, 0.717) is 16.8 Å². The normalized spacial score (nSPS) is 12.8. The Kier molecular flexibility index (Phi) is 5.09. The van der Waals surface area contributed by atoms with Gasteiger partial charge in [-0.3, -0.25) is 10.6 Å². The third-order valence-electron chi connectivity index (χ3n) is 2.87. The van der Waals surface area contributed by atoms with Gasteiger partial charge in [-0.05, 0) is 44.0 Å². The fourth-order valence-corrected chi connectivity index (χ4v) is 3.68. The Bertz CT molecular complexity index is 590. The molecule has 1 rings (SSSR count). The van der Waals surface area contributed by atoms with Crippen LogP contribution in [0.25, 0.3) is 0 Å². The van der Waals surface area contributed by atoms with Crippen LogP contribution >= 0.6 is 0 Å². The summed E-state index contributed by atoms with van der Waals surface area (Å²) in [5.74, 6) is 4.92. The molecule has 1 aromatic rings. The molecule has 0 fully saturated rings. The van der Waals surface area contributed by atoms with Crippen LogP contribution in [0, 0.1) is 13.8 Å². The molecule has 0 aliphatic heterocycles. The zero-order valence-electron chi connectivity index (χ0n) is 11.9. The summed E-state index contributed by atoms with van der Waals surface area (Å²) in [5, 5.41) is 2.39. The summed E-state index contributed by atoms with van der Waals surface area (Å²) in [6, 6.07) is 2.41.